The molecule has 0 fully saturated rings. The molecule has 4 unspecified atom stereocenters. The Morgan fingerprint density at radius 3 is 2.21 bits per heavy atom. The molecule has 4 atom stereocenters. The van der Waals surface area contributed by atoms with Crippen LogP contribution in [0.15, 0.2) is 12.5 Å². The van der Waals surface area contributed by atoms with E-state index in [9.17, 15) is 34.2 Å². The molecule has 0 aliphatic heterocycles. The van der Waals surface area contributed by atoms with Crippen LogP contribution in [0.25, 0.3) is 0 Å². The molecule has 0 aromatic carbocycles. The zero-order valence-electron chi connectivity index (χ0n) is 18.7. The summed E-state index contributed by atoms with van der Waals surface area (Å²) in [5, 5.41) is 26.0. The Labute approximate surface area is 200 Å². The van der Waals surface area contributed by atoms with Crippen molar-refractivity contribution in [3.05, 3.63) is 18.2 Å². The van der Waals surface area contributed by atoms with E-state index in [2.05, 4.69) is 25.9 Å². The average molecular weight is 502 g/mol. The third-order valence-electron chi connectivity index (χ3n) is 4.69. The number of aliphatic hydroxyl groups is 1. The van der Waals surface area contributed by atoms with Gasteiger partial charge in [-0.2, -0.15) is 11.8 Å². The SMILES string of the molecule is CSCCC(NC(=O)C(Cc1cnc[nH]1)NC(=O)C(CO)NC(=O)C(N)CCC(N)=O)C(=O)O. The highest BCUT2D eigenvalue weighted by Gasteiger charge is 2.30. The van der Waals surface area contributed by atoms with E-state index in [1.54, 1.807) is 6.26 Å². The predicted octanol–water partition coefficient (Wildman–Crippen LogP) is -3.17. The molecular weight excluding hydrogens is 470 g/mol. The number of aliphatic carboxylic acids is 1. The molecule has 0 saturated carbocycles. The minimum absolute atomic E-state index is 0.0571. The minimum Gasteiger partial charge on any atom is -0.480 e. The molecular formula is C19H31N7O7S. The van der Waals surface area contributed by atoms with Crippen LogP contribution in [-0.4, -0.2) is 92.6 Å². The third-order valence-corrected chi connectivity index (χ3v) is 5.34. The number of carboxylic acids is 1. The van der Waals surface area contributed by atoms with Gasteiger partial charge in [-0.25, -0.2) is 9.78 Å². The molecule has 0 aliphatic rings. The second kappa shape index (κ2) is 14.9. The maximum atomic E-state index is 12.8. The van der Waals surface area contributed by atoms with Crippen molar-refractivity contribution in [1.29, 1.82) is 0 Å². The van der Waals surface area contributed by atoms with Crippen LogP contribution in [0.2, 0.25) is 0 Å². The van der Waals surface area contributed by atoms with Crippen molar-refractivity contribution in [3.63, 3.8) is 0 Å². The Bertz CT molecular complexity index is 837. The molecule has 0 saturated heterocycles. The lowest BCUT2D eigenvalue weighted by Crippen LogP contribution is -2.58. The highest BCUT2D eigenvalue weighted by molar-refractivity contribution is 7.98. The molecule has 14 nitrogen and oxygen atoms in total. The van der Waals surface area contributed by atoms with Crippen LogP contribution in [0, 0.1) is 0 Å². The fraction of sp³-hybridized carbons (Fsp3) is 0.579. The zero-order chi connectivity index (χ0) is 25.7. The number of carbonyl (C=O) groups is 5. The number of amides is 4. The number of imidazole rings is 1. The molecule has 15 heteroatoms. The first-order valence-corrected chi connectivity index (χ1v) is 11.7. The fourth-order valence-corrected chi connectivity index (χ4v) is 3.24. The Morgan fingerprint density at radius 2 is 1.68 bits per heavy atom. The lowest BCUT2D eigenvalue weighted by atomic mass is 10.1. The molecule has 0 aliphatic carbocycles. The van der Waals surface area contributed by atoms with Gasteiger partial charge in [0.05, 0.1) is 19.0 Å². The van der Waals surface area contributed by atoms with Crippen molar-refractivity contribution in [2.75, 3.05) is 18.6 Å². The number of hydrogen-bond donors (Lipinski definition) is 8. The van der Waals surface area contributed by atoms with E-state index in [-0.39, 0.29) is 25.7 Å². The number of nitrogens with one attached hydrogen (secondary N) is 4. The first-order valence-electron chi connectivity index (χ1n) is 10.3. The number of rotatable bonds is 16. The molecule has 1 rings (SSSR count). The van der Waals surface area contributed by atoms with E-state index in [1.165, 1.54) is 24.3 Å². The number of nitrogens with zero attached hydrogens (tertiary/aromatic N) is 1. The van der Waals surface area contributed by atoms with Gasteiger partial charge in [-0.15, -0.1) is 0 Å². The van der Waals surface area contributed by atoms with E-state index < -0.39 is 60.4 Å². The minimum atomic E-state index is -1.45. The Balaban J connectivity index is 2.90. The highest BCUT2D eigenvalue weighted by atomic mass is 32.2. The molecule has 190 valence electrons. The number of aromatic nitrogens is 2. The molecule has 1 aromatic heterocycles. The lowest BCUT2D eigenvalue weighted by Gasteiger charge is -2.24. The van der Waals surface area contributed by atoms with Crippen molar-refractivity contribution in [2.45, 2.75) is 49.9 Å². The number of carbonyl (C=O) groups excluding carboxylic acids is 4. The smallest absolute Gasteiger partial charge is 0.326 e. The summed E-state index contributed by atoms with van der Waals surface area (Å²) >= 11 is 1.42. The summed E-state index contributed by atoms with van der Waals surface area (Å²) in [6.45, 7) is -0.802. The van der Waals surface area contributed by atoms with Crippen molar-refractivity contribution in [3.8, 4) is 0 Å². The van der Waals surface area contributed by atoms with E-state index in [4.69, 9.17) is 11.5 Å². The van der Waals surface area contributed by atoms with Crippen LogP contribution >= 0.6 is 11.8 Å². The highest BCUT2D eigenvalue weighted by Crippen LogP contribution is 2.05. The fourth-order valence-electron chi connectivity index (χ4n) is 2.76. The topological polar surface area (TPSA) is 243 Å². The Kier molecular flexibility index (Phi) is 12.6. The maximum Gasteiger partial charge on any atom is 0.326 e. The summed E-state index contributed by atoms with van der Waals surface area (Å²) in [7, 11) is 0. The van der Waals surface area contributed by atoms with Gasteiger partial charge in [-0.05, 0) is 24.9 Å². The molecule has 4 amide bonds. The first-order chi connectivity index (χ1) is 16.1. The summed E-state index contributed by atoms with van der Waals surface area (Å²) in [4.78, 5) is 66.7. The largest absolute Gasteiger partial charge is 0.480 e. The molecule has 0 spiro atoms. The van der Waals surface area contributed by atoms with Gasteiger partial charge >= 0.3 is 5.97 Å². The number of H-pyrrole nitrogens is 1. The van der Waals surface area contributed by atoms with Gasteiger partial charge in [0, 0.05) is 24.7 Å². The number of nitrogens with two attached hydrogens (primary N) is 2. The Morgan fingerprint density at radius 1 is 1.06 bits per heavy atom. The van der Waals surface area contributed by atoms with Gasteiger partial charge in [0.25, 0.3) is 0 Å². The number of carboxylic acid groups (broad SMARTS) is 1. The van der Waals surface area contributed by atoms with E-state index in [0.29, 0.717) is 11.4 Å². The van der Waals surface area contributed by atoms with Crippen LogP contribution in [0.1, 0.15) is 25.0 Å². The number of hydrogen-bond acceptors (Lipinski definition) is 9. The van der Waals surface area contributed by atoms with Gasteiger partial charge in [0.1, 0.15) is 18.1 Å². The van der Waals surface area contributed by atoms with Gasteiger partial charge in [-0.3, -0.25) is 19.2 Å². The quantitative estimate of drug-likeness (QED) is 0.113. The number of thioether (sulfide) groups is 1. The molecule has 1 heterocycles. The number of aliphatic hydroxyl groups excluding tert-OH is 1. The predicted molar refractivity (Wildman–Crippen MR) is 122 cm³/mol. The van der Waals surface area contributed by atoms with E-state index >= 15 is 0 Å². The summed E-state index contributed by atoms with van der Waals surface area (Å²) in [6, 6.07) is -5.00. The zero-order valence-corrected chi connectivity index (χ0v) is 19.5. The van der Waals surface area contributed by atoms with Crippen LogP contribution < -0.4 is 27.4 Å². The van der Waals surface area contributed by atoms with Crippen LogP contribution in [-0.2, 0) is 30.4 Å². The molecule has 0 radical (unpaired) electrons. The first kappa shape index (κ1) is 28.9. The number of aromatic amines is 1. The van der Waals surface area contributed by atoms with Crippen molar-refractivity contribution < 1.29 is 34.2 Å². The summed E-state index contributed by atoms with van der Waals surface area (Å²) in [5.74, 6) is -3.84. The van der Waals surface area contributed by atoms with E-state index in [1.807, 2.05) is 0 Å². The van der Waals surface area contributed by atoms with E-state index in [0.717, 1.165) is 0 Å². The van der Waals surface area contributed by atoms with Gasteiger partial charge in [0.2, 0.25) is 23.6 Å². The van der Waals surface area contributed by atoms with Crippen LogP contribution in [0.3, 0.4) is 0 Å². The maximum absolute atomic E-state index is 12.8. The molecule has 1 aromatic rings. The number of primary amides is 1. The van der Waals surface area contributed by atoms with Gasteiger partial charge in [0.15, 0.2) is 0 Å². The van der Waals surface area contributed by atoms with Gasteiger partial charge in [-0.1, -0.05) is 0 Å². The summed E-state index contributed by atoms with van der Waals surface area (Å²) in [5.41, 5.74) is 11.2. The molecule has 34 heavy (non-hydrogen) atoms. The van der Waals surface area contributed by atoms with Crippen molar-refractivity contribution in [1.82, 2.24) is 25.9 Å². The second-order valence-electron chi connectivity index (χ2n) is 7.38. The van der Waals surface area contributed by atoms with Crippen molar-refractivity contribution >= 4 is 41.4 Å². The standard InChI is InChI=1S/C19H31N7O7S/c1-34-5-4-12(19(32)33)24-17(30)13(6-10-7-22-9-23-10)25-18(31)14(8-27)26-16(29)11(20)2-3-15(21)28/h7,9,11-14,27H,2-6,8,20H2,1H3,(H2,21,28)(H,22,23)(H,24,30)(H,25,31)(H,26,29)(H,32,33). The second-order valence-corrected chi connectivity index (χ2v) is 8.36. The van der Waals surface area contributed by atoms with Crippen LogP contribution in [0.5, 0.6) is 0 Å². The normalized spacial score (nSPS) is 14.3. The summed E-state index contributed by atoms with van der Waals surface area (Å²) in [6.07, 6.45) is 4.51. The summed E-state index contributed by atoms with van der Waals surface area (Å²) < 4.78 is 0. The molecule has 0 bridgehead atoms. The molecule has 10 N–H and O–H groups in total. The Hall–Kier alpha value is -3.17. The lowest BCUT2D eigenvalue weighted by molar-refractivity contribution is -0.142. The van der Waals surface area contributed by atoms with Crippen molar-refractivity contribution in [2.24, 2.45) is 11.5 Å². The average Bonchev–Trinajstić information content (AvgIpc) is 3.30. The van der Waals surface area contributed by atoms with Gasteiger partial charge < -0.3 is 42.6 Å². The van der Waals surface area contributed by atoms with Crippen LogP contribution in [0.4, 0.5) is 0 Å². The monoisotopic (exact) mass is 501 g/mol. The third kappa shape index (κ3) is 10.2.